The Morgan fingerprint density at radius 2 is 2.00 bits per heavy atom. The number of para-hydroxylation sites is 1. The molecule has 1 N–H and O–H groups in total. The summed E-state index contributed by atoms with van der Waals surface area (Å²) < 4.78 is 0. The van der Waals surface area contributed by atoms with Crippen LogP contribution >= 0.6 is 0 Å². The zero-order chi connectivity index (χ0) is 12.3. The van der Waals surface area contributed by atoms with Gasteiger partial charge in [0.2, 0.25) is 0 Å². The fraction of sp³-hybridized carbons (Fsp3) is 0.357. The van der Waals surface area contributed by atoms with Crippen LogP contribution in [0.15, 0.2) is 30.3 Å². The zero-order valence-corrected chi connectivity index (χ0v) is 10.3. The van der Waals surface area contributed by atoms with Crippen LogP contribution in [0.4, 0.5) is 0 Å². The highest BCUT2D eigenvalue weighted by Crippen LogP contribution is 2.22. The molecule has 0 bridgehead atoms. The monoisotopic (exact) mass is 230 g/mol. The molecular formula is C14H18N2O. The minimum atomic E-state index is 0.261. The second-order valence-electron chi connectivity index (χ2n) is 4.56. The smallest absolute Gasteiger partial charge is 0.141 e. The van der Waals surface area contributed by atoms with Gasteiger partial charge in [-0.2, -0.15) is 0 Å². The number of phenols is 1. The summed E-state index contributed by atoms with van der Waals surface area (Å²) in [7, 11) is 4.14. The van der Waals surface area contributed by atoms with Gasteiger partial charge in [-0.05, 0) is 45.6 Å². The summed E-state index contributed by atoms with van der Waals surface area (Å²) in [6, 6.07) is 9.54. The Kier molecular flexibility index (Phi) is 3.59. The standard InChI is InChI=1S/C14H18N2O/c1-16(2)10-4-6-12-9-8-11-5-3-7-13(17)14(11)15-12/h3,5,7-9,17H,4,6,10H2,1-2H3. The summed E-state index contributed by atoms with van der Waals surface area (Å²) in [6.07, 6.45) is 2.03. The van der Waals surface area contributed by atoms with E-state index in [-0.39, 0.29) is 5.75 Å². The van der Waals surface area contributed by atoms with Crippen molar-refractivity contribution in [1.29, 1.82) is 0 Å². The predicted octanol–water partition coefficient (Wildman–Crippen LogP) is 2.43. The van der Waals surface area contributed by atoms with Crippen LogP contribution in [0, 0.1) is 0 Å². The molecule has 2 rings (SSSR count). The Morgan fingerprint density at radius 1 is 1.18 bits per heavy atom. The fourth-order valence-corrected chi connectivity index (χ4v) is 1.89. The third-order valence-electron chi connectivity index (χ3n) is 2.79. The fourth-order valence-electron chi connectivity index (χ4n) is 1.89. The lowest BCUT2D eigenvalue weighted by atomic mass is 10.1. The molecule has 0 saturated carbocycles. The molecule has 0 aliphatic heterocycles. The number of pyridine rings is 1. The molecule has 0 aliphatic carbocycles. The van der Waals surface area contributed by atoms with Gasteiger partial charge in [0.15, 0.2) is 0 Å². The van der Waals surface area contributed by atoms with E-state index < -0.39 is 0 Å². The van der Waals surface area contributed by atoms with Gasteiger partial charge in [0.1, 0.15) is 11.3 Å². The summed E-state index contributed by atoms with van der Waals surface area (Å²) in [5.41, 5.74) is 1.75. The van der Waals surface area contributed by atoms with Crippen LogP contribution in [0.3, 0.4) is 0 Å². The Hall–Kier alpha value is -1.61. The van der Waals surface area contributed by atoms with Gasteiger partial charge in [-0.15, -0.1) is 0 Å². The minimum absolute atomic E-state index is 0.261. The Labute approximate surface area is 102 Å². The average molecular weight is 230 g/mol. The highest BCUT2D eigenvalue weighted by atomic mass is 16.3. The first-order valence-corrected chi connectivity index (χ1v) is 5.89. The number of aromatic nitrogens is 1. The molecule has 1 heterocycles. The lowest BCUT2D eigenvalue weighted by Gasteiger charge is -2.09. The number of hydrogen-bond acceptors (Lipinski definition) is 3. The minimum Gasteiger partial charge on any atom is -0.506 e. The predicted molar refractivity (Wildman–Crippen MR) is 70.3 cm³/mol. The van der Waals surface area contributed by atoms with Crippen LogP contribution in [0.1, 0.15) is 12.1 Å². The molecular weight excluding hydrogens is 212 g/mol. The van der Waals surface area contributed by atoms with E-state index in [2.05, 4.69) is 24.0 Å². The van der Waals surface area contributed by atoms with Gasteiger partial charge in [-0.1, -0.05) is 18.2 Å². The van der Waals surface area contributed by atoms with Crippen LogP contribution in [0.25, 0.3) is 10.9 Å². The summed E-state index contributed by atoms with van der Waals surface area (Å²) in [5, 5.41) is 10.7. The number of aromatic hydroxyl groups is 1. The molecule has 0 spiro atoms. The highest BCUT2D eigenvalue weighted by molar-refractivity contribution is 5.84. The topological polar surface area (TPSA) is 36.4 Å². The summed E-state index contributed by atoms with van der Waals surface area (Å²) in [5.74, 6) is 0.261. The number of hydrogen-bond donors (Lipinski definition) is 1. The van der Waals surface area contributed by atoms with Gasteiger partial charge in [-0.25, -0.2) is 4.98 Å². The van der Waals surface area contributed by atoms with Crippen LogP contribution in [0.2, 0.25) is 0 Å². The number of benzene rings is 1. The highest BCUT2D eigenvalue weighted by Gasteiger charge is 2.02. The zero-order valence-electron chi connectivity index (χ0n) is 10.3. The second-order valence-corrected chi connectivity index (χ2v) is 4.56. The Balaban J connectivity index is 2.17. The van der Waals surface area contributed by atoms with E-state index in [1.54, 1.807) is 6.07 Å². The molecule has 2 aromatic rings. The van der Waals surface area contributed by atoms with E-state index in [9.17, 15) is 5.11 Å². The van der Waals surface area contributed by atoms with E-state index in [1.165, 1.54) is 0 Å². The molecule has 17 heavy (non-hydrogen) atoms. The second kappa shape index (κ2) is 5.15. The lowest BCUT2D eigenvalue weighted by Crippen LogP contribution is -2.13. The molecule has 3 nitrogen and oxygen atoms in total. The summed E-state index contributed by atoms with van der Waals surface area (Å²) in [4.78, 5) is 6.67. The maximum absolute atomic E-state index is 9.74. The van der Waals surface area contributed by atoms with Crippen molar-refractivity contribution < 1.29 is 5.11 Å². The quantitative estimate of drug-likeness (QED) is 0.876. The number of phenolic OH excluding ortho intramolecular Hbond substituents is 1. The number of rotatable bonds is 4. The molecule has 0 amide bonds. The van der Waals surface area contributed by atoms with Crippen molar-refractivity contribution in [3.05, 3.63) is 36.0 Å². The van der Waals surface area contributed by atoms with E-state index >= 15 is 0 Å². The molecule has 0 aliphatic rings. The molecule has 0 fully saturated rings. The molecule has 1 aromatic carbocycles. The van der Waals surface area contributed by atoms with Gasteiger partial charge in [0, 0.05) is 11.1 Å². The third kappa shape index (κ3) is 2.94. The van der Waals surface area contributed by atoms with E-state index in [0.717, 1.165) is 30.5 Å². The van der Waals surface area contributed by atoms with Crippen LogP contribution in [-0.2, 0) is 6.42 Å². The van der Waals surface area contributed by atoms with Crippen molar-refractivity contribution in [1.82, 2.24) is 9.88 Å². The van der Waals surface area contributed by atoms with Crippen LogP contribution < -0.4 is 0 Å². The van der Waals surface area contributed by atoms with Gasteiger partial charge in [0.25, 0.3) is 0 Å². The van der Waals surface area contributed by atoms with E-state index in [0.29, 0.717) is 5.52 Å². The van der Waals surface area contributed by atoms with Gasteiger partial charge in [0.05, 0.1) is 0 Å². The van der Waals surface area contributed by atoms with Crippen LogP contribution in [-0.4, -0.2) is 35.6 Å². The number of fused-ring (bicyclic) bond motifs is 1. The third-order valence-corrected chi connectivity index (χ3v) is 2.79. The van der Waals surface area contributed by atoms with Crippen molar-refractivity contribution in [3.8, 4) is 5.75 Å². The first-order valence-electron chi connectivity index (χ1n) is 5.89. The molecule has 3 heteroatoms. The molecule has 0 saturated heterocycles. The van der Waals surface area contributed by atoms with Crippen molar-refractivity contribution in [3.63, 3.8) is 0 Å². The maximum atomic E-state index is 9.74. The maximum Gasteiger partial charge on any atom is 0.141 e. The first kappa shape index (κ1) is 11.9. The molecule has 1 aromatic heterocycles. The first-order chi connectivity index (χ1) is 8.16. The van der Waals surface area contributed by atoms with Crippen molar-refractivity contribution in [2.24, 2.45) is 0 Å². The Bertz CT molecular complexity index is 509. The molecule has 90 valence electrons. The average Bonchev–Trinajstić information content (AvgIpc) is 2.30. The number of nitrogens with zero attached hydrogens (tertiary/aromatic N) is 2. The van der Waals surface area contributed by atoms with Crippen molar-refractivity contribution >= 4 is 10.9 Å². The van der Waals surface area contributed by atoms with Gasteiger partial charge in [-0.3, -0.25) is 0 Å². The Morgan fingerprint density at radius 3 is 2.76 bits per heavy atom. The summed E-state index contributed by atoms with van der Waals surface area (Å²) >= 11 is 0. The van der Waals surface area contributed by atoms with Gasteiger partial charge >= 0.3 is 0 Å². The van der Waals surface area contributed by atoms with E-state index in [4.69, 9.17) is 0 Å². The molecule has 0 unspecified atom stereocenters. The number of aryl methyl sites for hydroxylation is 1. The van der Waals surface area contributed by atoms with Gasteiger partial charge < -0.3 is 10.0 Å². The molecule has 0 radical (unpaired) electrons. The van der Waals surface area contributed by atoms with E-state index in [1.807, 2.05) is 24.3 Å². The normalized spacial score (nSPS) is 11.2. The molecule has 0 atom stereocenters. The van der Waals surface area contributed by atoms with Crippen molar-refractivity contribution in [2.45, 2.75) is 12.8 Å². The largest absolute Gasteiger partial charge is 0.506 e. The SMILES string of the molecule is CN(C)CCCc1ccc2cccc(O)c2n1. The summed E-state index contributed by atoms with van der Waals surface area (Å²) in [6.45, 7) is 1.06. The lowest BCUT2D eigenvalue weighted by molar-refractivity contribution is 0.399. The van der Waals surface area contributed by atoms with Crippen molar-refractivity contribution in [2.75, 3.05) is 20.6 Å². The van der Waals surface area contributed by atoms with Crippen LogP contribution in [0.5, 0.6) is 5.75 Å².